The summed E-state index contributed by atoms with van der Waals surface area (Å²) in [6.07, 6.45) is 3.83. The van der Waals surface area contributed by atoms with Crippen LogP contribution in [-0.2, 0) is 0 Å². The van der Waals surface area contributed by atoms with E-state index in [2.05, 4.69) is 43.4 Å². The Balaban J connectivity index is 2.36. The highest BCUT2D eigenvalue weighted by atomic mass is 32.1. The molecule has 2 atom stereocenters. The topological polar surface area (TPSA) is 27.3 Å². The van der Waals surface area contributed by atoms with Crippen LogP contribution in [0.1, 0.15) is 47.0 Å². The lowest BCUT2D eigenvalue weighted by molar-refractivity contribution is 0.0736. The van der Waals surface area contributed by atoms with Crippen LogP contribution in [0, 0.1) is 5.92 Å². The summed E-state index contributed by atoms with van der Waals surface area (Å²) in [5, 5.41) is 6.30. The third-order valence-corrected chi connectivity index (χ3v) is 3.33. The lowest BCUT2D eigenvalue weighted by atomic mass is 10.00. The molecule has 1 rings (SSSR count). The Morgan fingerprint density at radius 3 is 2.38 bits per heavy atom. The Kier molecular flexibility index (Phi) is 5.49. The van der Waals surface area contributed by atoms with Crippen molar-refractivity contribution in [3.05, 3.63) is 0 Å². The molecule has 4 heteroatoms. The fraction of sp³-hybridized carbons (Fsp3) is 0.917. The smallest absolute Gasteiger partial charge is 0.181 e. The Bertz CT molecular complexity index is 220. The number of nitrogens with one attached hydrogen (secondary N) is 2. The Labute approximate surface area is 105 Å². The number of hydrogen-bond donors (Lipinski definition) is 2. The Morgan fingerprint density at radius 2 is 1.88 bits per heavy atom. The van der Waals surface area contributed by atoms with E-state index in [0.717, 1.165) is 11.7 Å². The highest BCUT2D eigenvalue weighted by Crippen LogP contribution is 2.19. The molecule has 0 aromatic rings. The van der Waals surface area contributed by atoms with Crippen LogP contribution in [0.15, 0.2) is 0 Å². The molecule has 0 aromatic heterocycles. The van der Waals surface area contributed by atoms with Crippen molar-refractivity contribution in [2.75, 3.05) is 6.54 Å². The van der Waals surface area contributed by atoms with Crippen LogP contribution in [0.5, 0.6) is 0 Å². The van der Waals surface area contributed by atoms with Crippen LogP contribution in [0.25, 0.3) is 0 Å². The van der Waals surface area contributed by atoms with Gasteiger partial charge in [0.2, 0.25) is 0 Å². The molecule has 3 nitrogen and oxygen atoms in total. The second kappa shape index (κ2) is 6.40. The SMILES string of the molecule is CC(C)CNC(=S)NN1C(C)CCCC1C. The van der Waals surface area contributed by atoms with Gasteiger partial charge in [-0.25, -0.2) is 5.01 Å². The maximum Gasteiger partial charge on any atom is 0.181 e. The van der Waals surface area contributed by atoms with Crippen molar-refractivity contribution < 1.29 is 0 Å². The predicted octanol–water partition coefficient (Wildman–Crippen LogP) is 2.28. The van der Waals surface area contributed by atoms with Gasteiger partial charge < -0.3 is 5.32 Å². The van der Waals surface area contributed by atoms with Gasteiger partial charge in [0.15, 0.2) is 5.11 Å². The van der Waals surface area contributed by atoms with Gasteiger partial charge in [-0.15, -0.1) is 0 Å². The molecule has 0 spiro atoms. The second-order valence-corrected chi connectivity index (χ2v) is 5.66. The minimum Gasteiger partial charge on any atom is -0.361 e. The number of hydrazine groups is 1. The first-order chi connectivity index (χ1) is 7.50. The Morgan fingerprint density at radius 1 is 1.31 bits per heavy atom. The second-order valence-electron chi connectivity index (χ2n) is 5.25. The number of hydrogen-bond acceptors (Lipinski definition) is 2. The zero-order chi connectivity index (χ0) is 12.1. The van der Waals surface area contributed by atoms with Crippen LogP contribution in [0.3, 0.4) is 0 Å². The summed E-state index contributed by atoms with van der Waals surface area (Å²) in [4.78, 5) is 0. The molecule has 2 N–H and O–H groups in total. The molecular formula is C12H25N3S. The molecule has 94 valence electrons. The van der Waals surface area contributed by atoms with Crippen molar-refractivity contribution in [1.29, 1.82) is 0 Å². The fourth-order valence-electron chi connectivity index (χ4n) is 2.10. The number of rotatable bonds is 3. The van der Waals surface area contributed by atoms with Crippen molar-refractivity contribution in [1.82, 2.24) is 15.8 Å². The van der Waals surface area contributed by atoms with E-state index in [4.69, 9.17) is 12.2 Å². The summed E-state index contributed by atoms with van der Waals surface area (Å²) in [6, 6.07) is 1.14. The number of piperidine rings is 1. The predicted molar refractivity (Wildman–Crippen MR) is 73.2 cm³/mol. The van der Waals surface area contributed by atoms with E-state index < -0.39 is 0 Å². The molecule has 0 aliphatic carbocycles. The van der Waals surface area contributed by atoms with Crippen molar-refractivity contribution in [2.45, 2.75) is 59.0 Å². The van der Waals surface area contributed by atoms with Gasteiger partial charge in [0.1, 0.15) is 0 Å². The summed E-state index contributed by atoms with van der Waals surface area (Å²) in [7, 11) is 0. The van der Waals surface area contributed by atoms with E-state index in [1.54, 1.807) is 0 Å². The van der Waals surface area contributed by atoms with Crippen molar-refractivity contribution in [2.24, 2.45) is 5.92 Å². The van der Waals surface area contributed by atoms with Gasteiger partial charge in [-0.1, -0.05) is 20.3 Å². The third kappa shape index (κ3) is 4.26. The molecule has 0 amide bonds. The molecule has 0 saturated carbocycles. The molecule has 0 radical (unpaired) electrons. The van der Waals surface area contributed by atoms with E-state index >= 15 is 0 Å². The average Bonchev–Trinajstić information content (AvgIpc) is 2.21. The van der Waals surface area contributed by atoms with E-state index in [1.165, 1.54) is 19.3 Å². The molecule has 1 aliphatic rings. The number of thiocarbonyl (C=S) groups is 1. The van der Waals surface area contributed by atoms with Gasteiger partial charge in [-0.3, -0.25) is 5.43 Å². The van der Waals surface area contributed by atoms with E-state index in [1.807, 2.05) is 0 Å². The van der Waals surface area contributed by atoms with Gasteiger partial charge >= 0.3 is 0 Å². The Hall–Kier alpha value is -0.350. The summed E-state index contributed by atoms with van der Waals surface area (Å²) in [5.41, 5.74) is 3.33. The average molecular weight is 243 g/mol. The normalized spacial score (nSPS) is 26.8. The first-order valence-corrected chi connectivity index (χ1v) is 6.74. The first kappa shape index (κ1) is 13.7. The zero-order valence-corrected chi connectivity index (χ0v) is 11.7. The monoisotopic (exact) mass is 243 g/mol. The first-order valence-electron chi connectivity index (χ1n) is 6.33. The van der Waals surface area contributed by atoms with Gasteiger partial charge in [-0.2, -0.15) is 0 Å². The largest absolute Gasteiger partial charge is 0.361 e. The molecule has 1 aliphatic heterocycles. The molecule has 0 aromatic carbocycles. The van der Waals surface area contributed by atoms with Crippen molar-refractivity contribution >= 4 is 17.3 Å². The molecule has 16 heavy (non-hydrogen) atoms. The molecule has 1 heterocycles. The van der Waals surface area contributed by atoms with Gasteiger partial charge in [-0.05, 0) is 44.8 Å². The van der Waals surface area contributed by atoms with Crippen LogP contribution >= 0.6 is 12.2 Å². The zero-order valence-electron chi connectivity index (χ0n) is 10.9. The summed E-state index contributed by atoms with van der Waals surface area (Å²) in [6.45, 7) is 9.81. The third-order valence-electron chi connectivity index (χ3n) is 3.10. The fourth-order valence-corrected chi connectivity index (χ4v) is 2.28. The van der Waals surface area contributed by atoms with Crippen LogP contribution in [0.2, 0.25) is 0 Å². The van der Waals surface area contributed by atoms with E-state index in [-0.39, 0.29) is 0 Å². The van der Waals surface area contributed by atoms with Crippen LogP contribution in [0.4, 0.5) is 0 Å². The summed E-state index contributed by atoms with van der Waals surface area (Å²) >= 11 is 5.30. The van der Waals surface area contributed by atoms with E-state index in [9.17, 15) is 0 Å². The lowest BCUT2D eigenvalue weighted by Crippen LogP contribution is -2.56. The van der Waals surface area contributed by atoms with Crippen LogP contribution in [-0.4, -0.2) is 28.7 Å². The quantitative estimate of drug-likeness (QED) is 0.744. The number of nitrogens with zero attached hydrogens (tertiary/aromatic N) is 1. The summed E-state index contributed by atoms with van der Waals surface area (Å²) in [5.74, 6) is 0.621. The van der Waals surface area contributed by atoms with Crippen molar-refractivity contribution in [3.8, 4) is 0 Å². The highest BCUT2D eigenvalue weighted by molar-refractivity contribution is 7.80. The van der Waals surface area contributed by atoms with Crippen LogP contribution < -0.4 is 10.7 Å². The lowest BCUT2D eigenvalue weighted by Gasteiger charge is -2.39. The van der Waals surface area contributed by atoms with Gasteiger partial charge in [0, 0.05) is 18.6 Å². The molecule has 2 unspecified atom stereocenters. The minimum atomic E-state index is 0.572. The summed E-state index contributed by atoms with van der Waals surface area (Å²) < 4.78 is 0. The molecular weight excluding hydrogens is 218 g/mol. The van der Waals surface area contributed by atoms with E-state index in [0.29, 0.717) is 18.0 Å². The standard InChI is InChI=1S/C12H25N3S/c1-9(2)8-13-12(16)14-15-10(3)6-5-7-11(15)4/h9-11H,5-8H2,1-4H3,(H2,13,14,16). The van der Waals surface area contributed by atoms with Gasteiger partial charge in [0.05, 0.1) is 0 Å². The van der Waals surface area contributed by atoms with Crippen molar-refractivity contribution in [3.63, 3.8) is 0 Å². The molecule has 1 fully saturated rings. The maximum atomic E-state index is 5.30. The van der Waals surface area contributed by atoms with Gasteiger partial charge in [0.25, 0.3) is 0 Å². The minimum absolute atomic E-state index is 0.572. The molecule has 0 bridgehead atoms. The maximum absolute atomic E-state index is 5.30. The highest BCUT2D eigenvalue weighted by Gasteiger charge is 2.24. The molecule has 1 saturated heterocycles.